The molecular weight excluding hydrogens is 260 g/mol. The molecule has 1 saturated carbocycles. The fourth-order valence-electron chi connectivity index (χ4n) is 2.75. The van der Waals surface area contributed by atoms with Crippen molar-refractivity contribution in [2.45, 2.75) is 30.6 Å². The van der Waals surface area contributed by atoms with Gasteiger partial charge in [0.2, 0.25) is 10.0 Å². The average Bonchev–Trinajstić information content (AvgIpc) is 2.80. The Balaban J connectivity index is 1.82. The summed E-state index contributed by atoms with van der Waals surface area (Å²) in [6.45, 7) is 1.55. The molecule has 1 fully saturated rings. The van der Waals surface area contributed by atoms with Crippen molar-refractivity contribution in [3.63, 3.8) is 0 Å². The lowest BCUT2D eigenvalue weighted by atomic mass is 9.86. The highest BCUT2D eigenvalue weighted by atomic mass is 32.2. The molecule has 0 bridgehead atoms. The van der Waals surface area contributed by atoms with E-state index >= 15 is 0 Å². The van der Waals surface area contributed by atoms with E-state index in [4.69, 9.17) is 0 Å². The maximum atomic E-state index is 12.5. The largest absolute Gasteiger partial charge is 0.384 e. The number of rotatable bonds is 4. The summed E-state index contributed by atoms with van der Waals surface area (Å²) >= 11 is 0. The second-order valence-electron chi connectivity index (χ2n) is 5.58. The van der Waals surface area contributed by atoms with E-state index < -0.39 is 10.0 Å². The Hall–Kier alpha value is -1.07. The molecule has 0 radical (unpaired) electrons. The van der Waals surface area contributed by atoms with Gasteiger partial charge < -0.3 is 5.32 Å². The third-order valence-corrected chi connectivity index (χ3v) is 6.06. The molecule has 3 rings (SSSR count). The van der Waals surface area contributed by atoms with Gasteiger partial charge in [-0.25, -0.2) is 12.7 Å². The fourth-order valence-corrected chi connectivity index (χ4v) is 4.02. The van der Waals surface area contributed by atoms with Crippen LogP contribution in [0.15, 0.2) is 23.1 Å². The third-order valence-electron chi connectivity index (χ3n) is 4.24. The third kappa shape index (κ3) is 2.37. The normalized spacial score (nSPS) is 19.1. The van der Waals surface area contributed by atoms with E-state index in [0.717, 1.165) is 31.5 Å². The van der Waals surface area contributed by atoms with Crippen LogP contribution in [0.1, 0.15) is 24.8 Å². The van der Waals surface area contributed by atoms with E-state index in [1.807, 2.05) is 6.07 Å². The van der Waals surface area contributed by atoms with Gasteiger partial charge in [0.15, 0.2) is 0 Å². The molecule has 4 nitrogen and oxygen atoms in total. The van der Waals surface area contributed by atoms with Crippen LogP contribution in [0.3, 0.4) is 0 Å². The summed E-state index contributed by atoms with van der Waals surface area (Å²) in [5.41, 5.74) is 2.18. The molecule has 19 heavy (non-hydrogen) atoms. The zero-order chi connectivity index (χ0) is 13.5. The monoisotopic (exact) mass is 280 g/mol. The maximum absolute atomic E-state index is 12.5. The molecule has 0 spiro atoms. The first-order valence-corrected chi connectivity index (χ1v) is 8.34. The van der Waals surface area contributed by atoms with Gasteiger partial charge in [0.1, 0.15) is 0 Å². The van der Waals surface area contributed by atoms with E-state index in [9.17, 15) is 8.42 Å². The molecule has 5 heteroatoms. The molecule has 0 saturated heterocycles. The Morgan fingerprint density at radius 1 is 1.37 bits per heavy atom. The lowest BCUT2D eigenvalue weighted by molar-refractivity contribution is 0.263. The van der Waals surface area contributed by atoms with E-state index in [2.05, 4.69) is 5.32 Å². The topological polar surface area (TPSA) is 49.4 Å². The van der Waals surface area contributed by atoms with Crippen molar-refractivity contribution in [1.82, 2.24) is 4.31 Å². The first-order valence-electron chi connectivity index (χ1n) is 6.90. The van der Waals surface area contributed by atoms with Crippen LogP contribution < -0.4 is 5.32 Å². The van der Waals surface area contributed by atoms with Gasteiger partial charge in [-0.1, -0.05) is 12.5 Å². The van der Waals surface area contributed by atoms with Crippen LogP contribution in [0.2, 0.25) is 0 Å². The van der Waals surface area contributed by atoms with Crippen molar-refractivity contribution < 1.29 is 8.42 Å². The van der Waals surface area contributed by atoms with Crippen LogP contribution in [0, 0.1) is 5.92 Å². The molecule has 0 amide bonds. The number of nitrogens with zero attached hydrogens (tertiary/aromatic N) is 1. The summed E-state index contributed by atoms with van der Waals surface area (Å²) in [7, 11) is -1.65. The fraction of sp³-hybridized carbons (Fsp3) is 0.571. The van der Waals surface area contributed by atoms with Crippen LogP contribution in [0.5, 0.6) is 0 Å². The van der Waals surface area contributed by atoms with E-state index in [1.165, 1.54) is 16.3 Å². The standard InChI is InChI=1S/C14H20N2O2S/c1-16(10-11-3-2-4-11)19(17,18)13-6-5-12-7-8-15-14(12)9-13/h5-6,9,11,15H,2-4,7-8,10H2,1H3. The summed E-state index contributed by atoms with van der Waals surface area (Å²) < 4.78 is 26.5. The Morgan fingerprint density at radius 3 is 2.84 bits per heavy atom. The summed E-state index contributed by atoms with van der Waals surface area (Å²) in [6.07, 6.45) is 4.53. The number of sulfonamides is 1. The van der Waals surface area contributed by atoms with Crippen LogP contribution in [0.4, 0.5) is 5.69 Å². The van der Waals surface area contributed by atoms with Crippen molar-refractivity contribution in [2.24, 2.45) is 5.92 Å². The van der Waals surface area contributed by atoms with Gasteiger partial charge in [0, 0.05) is 25.8 Å². The molecule has 1 aliphatic carbocycles. The number of nitrogens with one attached hydrogen (secondary N) is 1. The van der Waals surface area contributed by atoms with Crippen molar-refractivity contribution in [2.75, 3.05) is 25.5 Å². The van der Waals surface area contributed by atoms with Gasteiger partial charge in [-0.05, 0) is 42.9 Å². The van der Waals surface area contributed by atoms with E-state index in [1.54, 1.807) is 19.2 Å². The number of hydrogen-bond acceptors (Lipinski definition) is 3. The zero-order valence-electron chi connectivity index (χ0n) is 11.2. The highest BCUT2D eigenvalue weighted by Crippen LogP contribution is 2.30. The molecule has 1 aliphatic heterocycles. The van der Waals surface area contributed by atoms with Crippen molar-refractivity contribution in [3.8, 4) is 0 Å². The van der Waals surface area contributed by atoms with Crippen molar-refractivity contribution in [1.29, 1.82) is 0 Å². The summed E-state index contributed by atoms with van der Waals surface area (Å²) in [6, 6.07) is 5.44. The number of anilines is 1. The van der Waals surface area contributed by atoms with Gasteiger partial charge in [0.05, 0.1) is 4.90 Å². The smallest absolute Gasteiger partial charge is 0.242 e. The van der Waals surface area contributed by atoms with Gasteiger partial charge in [-0.15, -0.1) is 0 Å². The second-order valence-corrected chi connectivity index (χ2v) is 7.62. The molecule has 0 unspecified atom stereocenters. The zero-order valence-corrected chi connectivity index (χ0v) is 12.0. The number of hydrogen-bond donors (Lipinski definition) is 1. The molecule has 1 aromatic rings. The van der Waals surface area contributed by atoms with Crippen LogP contribution in [-0.2, 0) is 16.4 Å². The van der Waals surface area contributed by atoms with Crippen LogP contribution in [0.25, 0.3) is 0 Å². The van der Waals surface area contributed by atoms with Crippen LogP contribution >= 0.6 is 0 Å². The Morgan fingerprint density at radius 2 is 2.16 bits per heavy atom. The SMILES string of the molecule is CN(CC1CCC1)S(=O)(=O)c1ccc2c(c1)NCC2. The van der Waals surface area contributed by atoms with Crippen LogP contribution in [-0.4, -0.2) is 32.9 Å². The Bertz CT molecular complexity index is 579. The van der Waals surface area contributed by atoms with Crippen molar-refractivity contribution >= 4 is 15.7 Å². The highest BCUT2D eigenvalue weighted by molar-refractivity contribution is 7.89. The Labute approximate surface area is 114 Å². The molecule has 2 aliphatic rings. The molecule has 1 heterocycles. The maximum Gasteiger partial charge on any atom is 0.242 e. The van der Waals surface area contributed by atoms with Gasteiger partial charge >= 0.3 is 0 Å². The van der Waals surface area contributed by atoms with Gasteiger partial charge in [-0.2, -0.15) is 0 Å². The predicted octanol–water partition coefficient (Wildman–Crippen LogP) is 2.08. The second kappa shape index (κ2) is 4.80. The first kappa shape index (κ1) is 12.9. The quantitative estimate of drug-likeness (QED) is 0.918. The van der Waals surface area contributed by atoms with E-state index in [-0.39, 0.29) is 0 Å². The van der Waals surface area contributed by atoms with Crippen molar-refractivity contribution in [3.05, 3.63) is 23.8 Å². The summed E-state index contributed by atoms with van der Waals surface area (Å²) in [5.74, 6) is 0.548. The molecule has 104 valence electrons. The Kier molecular flexibility index (Phi) is 3.27. The van der Waals surface area contributed by atoms with Gasteiger partial charge in [0.25, 0.3) is 0 Å². The first-order chi connectivity index (χ1) is 9.07. The minimum absolute atomic E-state index is 0.405. The number of benzene rings is 1. The average molecular weight is 280 g/mol. The van der Waals surface area contributed by atoms with E-state index in [0.29, 0.717) is 17.4 Å². The molecule has 0 atom stereocenters. The molecular formula is C14H20N2O2S. The molecule has 0 aromatic heterocycles. The predicted molar refractivity (Wildman–Crippen MR) is 75.8 cm³/mol. The minimum atomic E-state index is -3.34. The lowest BCUT2D eigenvalue weighted by Gasteiger charge is -2.29. The number of fused-ring (bicyclic) bond motifs is 1. The minimum Gasteiger partial charge on any atom is -0.384 e. The molecule has 1 N–H and O–H groups in total. The summed E-state index contributed by atoms with van der Waals surface area (Å²) in [5, 5.41) is 3.23. The lowest BCUT2D eigenvalue weighted by Crippen LogP contribution is -2.34. The van der Waals surface area contributed by atoms with Gasteiger partial charge in [-0.3, -0.25) is 0 Å². The highest BCUT2D eigenvalue weighted by Gasteiger charge is 2.27. The molecule has 1 aromatic carbocycles. The summed E-state index contributed by atoms with van der Waals surface area (Å²) in [4.78, 5) is 0.405.